The molecule has 0 aliphatic heterocycles. The Labute approximate surface area is 141 Å². The number of anilines is 1. The molecule has 0 aliphatic rings. The van der Waals surface area contributed by atoms with Gasteiger partial charge in [-0.1, -0.05) is 11.6 Å². The van der Waals surface area contributed by atoms with Crippen LogP contribution >= 0.6 is 11.6 Å². The van der Waals surface area contributed by atoms with E-state index in [1.165, 1.54) is 4.90 Å². The van der Waals surface area contributed by atoms with Crippen molar-refractivity contribution in [2.24, 2.45) is 0 Å². The van der Waals surface area contributed by atoms with Gasteiger partial charge in [0.15, 0.2) is 0 Å². The highest BCUT2D eigenvalue weighted by molar-refractivity contribution is 6.32. The molecule has 1 amide bonds. The molecular weight excluding hydrogens is 351 g/mol. The summed E-state index contributed by atoms with van der Waals surface area (Å²) in [6.07, 6.45) is -4.00. The van der Waals surface area contributed by atoms with Crippen molar-refractivity contribution in [3.05, 3.63) is 22.8 Å². The second-order valence-electron chi connectivity index (χ2n) is 4.85. The summed E-state index contributed by atoms with van der Waals surface area (Å²) in [6.45, 7) is 2.30. The lowest BCUT2D eigenvalue weighted by molar-refractivity contribution is -0.139. The minimum absolute atomic E-state index is 0.0342. The molecule has 1 heterocycles. The monoisotopic (exact) mass is 367 g/mol. The van der Waals surface area contributed by atoms with Gasteiger partial charge in [0.05, 0.1) is 17.0 Å². The predicted octanol–water partition coefficient (Wildman–Crippen LogP) is 2.88. The lowest BCUT2D eigenvalue weighted by atomic mass is 10.2. The van der Waals surface area contributed by atoms with E-state index in [0.717, 1.165) is 6.07 Å². The number of halogens is 4. The van der Waals surface area contributed by atoms with Gasteiger partial charge in [-0.2, -0.15) is 13.2 Å². The molecule has 2 N–H and O–H groups in total. The van der Waals surface area contributed by atoms with Crippen molar-refractivity contribution in [3.63, 3.8) is 0 Å². The first-order chi connectivity index (χ1) is 11.1. The first kappa shape index (κ1) is 20.0. The maximum atomic E-state index is 12.5. The number of pyridine rings is 1. The molecule has 0 aliphatic carbocycles. The molecule has 0 bridgehead atoms. The molecule has 134 valence electrons. The van der Waals surface area contributed by atoms with Crippen molar-refractivity contribution in [3.8, 4) is 0 Å². The van der Waals surface area contributed by atoms with Crippen LogP contribution in [0.4, 0.5) is 19.0 Å². The van der Waals surface area contributed by atoms with Crippen LogP contribution in [0.15, 0.2) is 12.3 Å². The van der Waals surface area contributed by atoms with Crippen molar-refractivity contribution in [1.82, 2.24) is 9.88 Å². The molecule has 1 rings (SSSR count). The van der Waals surface area contributed by atoms with Crippen molar-refractivity contribution in [1.29, 1.82) is 0 Å². The Morgan fingerprint density at radius 1 is 1.38 bits per heavy atom. The van der Waals surface area contributed by atoms with Crippen LogP contribution in [-0.4, -0.2) is 46.5 Å². The standard InChI is InChI=1S/C14H17ClF3N3O3/c1-2-21(6-4-12(23)24)11(22)3-5-19-13-10(15)7-9(8-20-13)14(16,17)18/h7-8H,2-6H2,1H3,(H,19,20)(H,23,24). The highest BCUT2D eigenvalue weighted by atomic mass is 35.5. The minimum Gasteiger partial charge on any atom is -0.481 e. The fourth-order valence-corrected chi connectivity index (χ4v) is 2.09. The molecule has 24 heavy (non-hydrogen) atoms. The fraction of sp³-hybridized carbons (Fsp3) is 0.500. The van der Waals surface area contributed by atoms with Gasteiger partial charge in [-0.15, -0.1) is 0 Å². The van der Waals surface area contributed by atoms with Crippen LogP contribution in [0, 0.1) is 0 Å². The van der Waals surface area contributed by atoms with Crippen molar-refractivity contribution in [2.75, 3.05) is 25.0 Å². The van der Waals surface area contributed by atoms with Gasteiger partial charge in [-0.3, -0.25) is 9.59 Å². The first-order valence-electron chi connectivity index (χ1n) is 7.11. The average Bonchev–Trinajstić information content (AvgIpc) is 2.48. The van der Waals surface area contributed by atoms with Gasteiger partial charge in [0, 0.05) is 32.3 Å². The number of alkyl halides is 3. The van der Waals surface area contributed by atoms with E-state index in [2.05, 4.69) is 10.3 Å². The molecule has 0 saturated heterocycles. The number of carboxylic acid groups (broad SMARTS) is 1. The quantitative estimate of drug-likeness (QED) is 0.738. The Kier molecular flexibility index (Phi) is 7.27. The Hall–Kier alpha value is -2.03. The molecule has 0 aromatic carbocycles. The van der Waals surface area contributed by atoms with Crippen LogP contribution in [0.2, 0.25) is 5.02 Å². The van der Waals surface area contributed by atoms with Crippen molar-refractivity contribution in [2.45, 2.75) is 25.9 Å². The van der Waals surface area contributed by atoms with Crippen LogP contribution in [0.5, 0.6) is 0 Å². The second-order valence-corrected chi connectivity index (χ2v) is 5.25. The van der Waals surface area contributed by atoms with E-state index in [1.807, 2.05) is 0 Å². The molecule has 0 fully saturated rings. The van der Waals surface area contributed by atoms with E-state index < -0.39 is 17.7 Å². The molecule has 1 aromatic heterocycles. The lowest BCUT2D eigenvalue weighted by Gasteiger charge is -2.20. The topological polar surface area (TPSA) is 82.5 Å². The number of hydrogen-bond donors (Lipinski definition) is 2. The summed E-state index contributed by atoms with van der Waals surface area (Å²) in [5, 5.41) is 11.1. The highest BCUT2D eigenvalue weighted by Crippen LogP contribution is 2.32. The Bertz CT molecular complexity index is 596. The van der Waals surface area contributed by atoms with Gasteiger partial charge in [0.25, 0.3) is 0 Å². The van der Waals surface area contributed by atoms with E-state index in [9.17, 15) is 22.8 Å². The van der Waals surface area contributed by atoms with Gasteiger partial charge in [0.2, 0.25) is 5.91 Å². The highest BCUT2D eigenvalue weighted by Gasteiger charge is 2.31. The summed E-state index contributed by atoms with van der Waals surface area (Å²) >= 11 is 5.74. The van der Waals surface area contributed by atoms with E-state index >= 15 is 0 Å². The minimum atomic E-state index is -4.53. The number of nitrogens with zero attached hydrogens (tertiary/aromatic N) is 2. The van der Waals surface area contributed by atoms with Gasteiger partial charge >= 0.3 is 12.1 Å². The fourth-order valence-electron chi connectivity index (χ4n) is 1.86. The SMILES string of the molecule is CCN(CCC(=O)O)C(=O)CCNc1ncc(C(F)(F)F)cc1Cl. The Morgan fingerprint density at radius 3 is 2.54 bits per heavy atom. The number of aliphatic carboxylic acids is 1. The average molecular weight is 368 g/mol. The zero-order valence-electron chi connectivity index (χ0n) is 12.9. The normalized spacial score (nSPS) is 11.2. The number of rotatable bonds is 8. The number of hydrogen-bond acceptors (Lipinski definition) is 4. The molecule has 0 spiro atoms. The Balaban J connectivity index is 2.54. The zero-order valence-corrected chi connectivity index (χ0v) is 13.6. The van der Waals surface area contributed by atoms with Gasteiger partial charge in [0.1, 0.15) is 5.82 Å². The number of amides is 1. The maximum Gasteiger partial charge on any atom is 0.417 e. The van der Waals surface area contributed by atoms with E-state index in [-0.39, 0.29) is 42.7 Å². The number of carbonyl (C=O) groups is 2. The van der Waals surface area contributed by atoms with Gasteiger partial charge < -0.3 is 15.3 Å². The number of aromatic nitrogens is 1. The molecule has 0 radical (unpaired) electrons. The van der Waals surface area contributed by atoms with Crippen LogP contribution < -0.4 is 5.32 Å². The molecule has 1 aromatic rings. The third-order valence-corrected chi connectivity index (χ3v) is 3.42. The molecule has 10 heteroatoms. The second kappa shape index (κ2) is 8.72. The molecule has 0 saturated carbocycles. The summed E-state index contributed by atoms with van der Waals surface area (Å²) in [5.74, 6) is -1.22. The van der Waals surface area contributed by atoms with Gasteiger partial charge in [-0.05, 0) is 13.0 Å². The van der Waals surface area contributed by atoms with E-state index in [1.54, 1.807) is 6.92 Å². The van der Waals surface area contributed by atoms with Crippen LogP contribution in [0.25, 0.3) is 0 Å². The maximum absolute atomic E-state index is 12.5. The largest absolute Gasteiger partial charge is 0.481 e. The summed E-state index contributed by atoms with van der Waals surface area (Å²) in [6, 6.07) is 0.754. The Morgan fingerprint density at radius 2 is 2.04 bits per heavy atom. The summed E-state index contributed by atoms with van der Waals surface area (Å²) < 4.78 is 37.5. The number of carboxylic acids is 1. The lowest BCUT2D eigenvalue weighted by Crippen LogP contribution is -2.33. The third-order valence-electron chi connectivity index (χ3n) is 3.13. The first-order valence-corrected chi connectivity index (χ1v) is 7.49. The number of nitrogens with one attached hydrogen (secondary N) is 1. The van der Waals surface area contributed by atoms with Gasteiger partial charge in [-0.25, -0.2) is 4.98 Å². The molecule has 6 nitrogen and oxygen atoms in total. The van der Waals surface area contributed by atoms with Crippen LogP contribution in [0.1, 0.15) is 25.3 Å². The van der Waals surface area contributed by atoms with E-state index in [0.29, 0.717) is 12.7 Å². The summed E-state index contributed by atoms with van der Waals surface area (Å²) in [7, 11) is 0. The predicted molar refractivity (Wildman–Crippen MR) is 81.9 cm³/mol. The van der Waals surface area contributed by atoms with Crippen molar-refractivity contribution >= 4 is 29.3 Å². The third kappa shape index (κ3) is 6.23. The van der Waals surface area contributed by atoms with Crippen molar-refractivity contribution < 1.29 is 27.9 Å². The van der Waals surface area contributed by atoms with Crippen LogP contribution in [-0.2, 0) is 15.8 Å². The smallest absolute Gasteiger partial charge is 0.417 e. The molecular formula is C14H17ClF3N3O3. The van der Waals surface area contributed by atoms with Crippen LogP contribution in [0.3, 0.4) is 0 Å². The number of carbonyl (C=O) groups excluding carboxylic acids is 1. The zero-order chi connectivity index (χ0) is 18.3. The molecule has 0 atom stereocenters. The summed E-state index contributed by atoms with van der Waals surface area (Å²) in [5.41, 5.74) is -0.958. The van der Waals surface area contributed by atoms with E-state index in [4.69, 9.17) is 16.7 Å². The molecule has 0 unspecified atom stereocenters. The summed E-state index contributed by atoms with van der Waals surface area (Å²) in [4.78, 5) is 27.4.